The van der Waals surface area contributed by atoms with Crippen molar-refractivity contribution in [1.29, 1.82) is 0 Å². The molecule has 0 spiro atoms. The molecular formula is C16H26N6O8. The van der Waals surface area contributed by atoms with Gasteiger partial charge >= 0.3 is 12.1 Å². The summed E-state index contributed by atoms with van der Waals surface area (Å²) >= 11 is 0. The minimum atomic E-state index is -1.82. The first-order chi connectivity index (χ1) is 13.8. The second kappa shape index (κ2) is 8.73. The van der Waals surface area contributed by atoms with Crippen molar-refractivity contribution < 1.29 is 39.2 Å². The Bertz CT molecular complexity index is 753. The molecule has 0 bridgehead atoms. The van der Waals surface area contributed by atoms with Crippen molar-refractivity contribution in [2.24, 2.45) is 0 Å². The topological polar surface area (TPSA) is 180 Å². The van der Waals surface area contributed by atoms with Crippen LogP contribution in [0.5, 0.6) is 0 Å². The third-order valence-corrected chi connectivity index (χ3v) is 5.24. The molecule has 2 saturated heterocycles. The van der Waals surface area contributed by atoms with Gasteiger partial charge in [0.2, 0.25) is 11.1 Å². The predicted molar refractivity (Wildman–Crippen MR) is 97.8 cm³/mol. The summed E-state index contributed by atoms with van der Waals surface area (Å²) in [6.45, 7) is 3.11. The zero-order chi connectivity index (χ0) is 23.6. The molecule has 14 heteroatoms. The molecule has 0 radical (unpaired) electrons. The first-order valence-electron chi connectivity index (χ1n) is 8.90. The zero-order valence-corrected chi connectivity index (χ0v) is 17.5. The fourth-order valence-corrected chi connectivity index (χ4v) is 3.16. The fourth-order valence-electron chi connectivity index (χ4n) is 3.16. The maximum atomic E-state index is 11.7. The lowest BCUT2D eigenvalue weighted by atomic mass is 9.92. The summed E-state index contributed by atoms with van der Waals surface area (Å²) in [6, 6.07) is -1.60. The highest BCUT2D eigenvalue weighted by atomic mass is 16.5. The second-order valence-corrected chi connectivity index (χ2v) is 6.63. The third-order valence-electron chi connectivity index (χ3n) is 5.24. The number of urea groups is 2. The first kappa shape index (κ1) is 24.9. The Kier molecular flexibility index (Phi) is 7.25. The SMILES string of the molecule is CCC1(C(=O)NC)C(=O)N(C)C(=O)N1O.CCC1(NO)C(=O)N(C)C(=O)N(C)C1=O. The van der Waals surface area contributed by atoms with E-state index < -0.39 is 46.8 Å². The van der Waals surface area contributed by atoms with Crippen LogP contribution in [0.25, 0.3) is 0 Å². The monoisotopic (exact) mass is 430 g/mol. The van der Waals surface area contributed by atoms with Crippen LogP contribution in [0, 0.1) is 0 Å². The van der Waals surface area contributed by atoms with Gasteiger partial charge < -0.3 is 10.5 Å². The van der Waals surface area contributed by atoms with Gasteiger partial charge in [0.25, 0.3) is 23.6 Å². The van der Waals surface area contributed by atoms with Crippen molar-refractivity contribution in [3.05, 3.63) is 0 Å². The van der Waals surface area contributed by atoms with Crippen molar-refractivity contribution >= 4 is 35.7 Å². The van der Waals surface area contributed by atoms with E-state index in [0.29, 0.717) is 0 Å². The molecule has 0 aliphatic carbocycles. The van der Waals surface area contributed by atoms with Crippen LogP contribution in [-0.4, -0.2) is 105 Å². The molecule has 0 aromatic rings. The van der Waals surface area contributed by atoms with Gasteiger partial charge in [-0.2, -0.15) is 10.5 Å². The number of nitrogens with zero attached hydrogens (tertiary/aromatic N) is 4. The van der Waals surface area contributed by atoms with Gasteiger partial charge in [0, 0.05) is 28.2 Å². The number of likely N-dealkylation sites (N-methyl/N-ethyl adjacent to an activating group) is 4. The van der Waals surface area contributed by atoms with Gasteiger partial charge in [-0.3, -0.25) is 39.1 Å². The highest BCUT2D eigenvalue weighted by Crippen LogP contribution is 2.28. The lowest BCUT2D eigenvalue weighted by Crippen LogP contribution is -2.71. The van der Waals surface area contributed by atoms with Crippen LogP contribution in [0.1, 0.15) is 26.7 Å². The molecule has 2 heterocycles. The summed E-state index contributed by atoms with van der Waals surface area (Å²) < 4.78 is 0. The maximum Gasteiger partial charge on any atom is 0.351 e. The van der Waals surface area contributed by atoms with Crippen molar-refractivity contribution in [1.82, 2.24) is 30.6 Å². The van der Waals surface area contributed by atoms with Gasteiger partial charge in [-0.1, -0.05) is 13.8 Å². The Labute approximate surface area is 172 Å². The van der Waals surface area contributed by atoms with Crippen LogP contribution in [0.3, 0.4) is 0 Å². The van der Waals surface area contributed by atoms with Crippen LogP contribution in [0.2, 0.25) is 0 Å². The number of imide groups is 3. The molecule has 0 saturated carbocycles. The molecule has 8 amide bonds. The molecule has 4 N–H and O–H groups in total. The summed E-state index contributed by atoms with van der Waals surface area (Å²) in [4.78, 5) is 71.7. The van der Waals surface area contributed by atoms with Crippen molar-refractivity contribution in [3.63, 3.8) is 0 Å². The summed E-state index contributed by atoms with van der Waals surface area (Å²) in [6.07, 6.45) is 0.0706. The average molecular weight is 430 g/mol. The van der Waals surface area contributed by atoms with Gasteiger partial charge in [-0.05, 0) is 12.8 Å². The number of amides is 8. The molecule has 0 aromatic heterocycles. The number of nitrogens with one attached hydrogen (secondary N) is 2. The zero-order valence-electron chi connectivity index (χ0n) is 17.5. The van der Waals surface area contributed by atoms with Crippen LogP contribution >= 0.6 is 0 Å². The summed E-state index contributed by atoms with van der Waals surface area (Å²) in [5.41, 5.74) is -1.84. The third kappa shape index (κ3) is 3.28. The summed E-state index contributed by atoms with van der Waals surface area (Å²) in [5, 5.41) is 20.9. The molecule has 2 rings (SSSR count). The molecule has 14 nitrogen and oxygen atoms in total. The van der Waals surface area contributed by atoms with E-state index in [4.69, 9.17) is 5.21 Å². The van der Waals surface area contributed by atoms with E-state index in [-0.39, 0.29) is 17.9 Å². The van der Waals surface area contributed by atoms with Crippen molar-refractivity contribution in [2.45, 2.75) is 37.8 Å². The standard InChI is InChI=1S/2C8H13N3O4/c1-4-8(9-15)5(12)10(2)7(14)11(3)6(8)13;1-4-8(5(12)9-2)6(13)10(3)7(14)11(8)15/h9,15H,4H2,1-3H3;15H,4H2,1-3H3,(H,9,12). The highest BCUT2D eigenvalue weighted by molar-refractivity contribution is 6.22. The normalized spacial score (nSPS) is 23.7. The minimum absolute atomic E-state index is 0.0120. The second-order valence-electron chi connectivity index (χ2n) is 6.63. The molecule has 168 valence electrons. The van der Waals surface area contributed by atoms with Gasteiger partial charge in [0.15, 0.2) is 0 Å². The summed E-state index contributed by atoms with van der Waals surface area (Å²) in [7, 11) is 5.07. The number of rotatable bonds is 4. The molecule has 30 heavy (non-hydrogen) atoms. The molecular weight excluding hydrogens is 404 g/mol. The number of carbonyl (C=O) groups excluding carboxylic acids is 6. The highest BCUT2D eigenvalue weighted by Gasteiger charge is 2.60. The largest absolute Gasteiger partial charge is 0.357 e. The number of hydrogen-bond donors (Lipinski definition) is 4. The van der Waals surface area contributed by atoms with Crippen LogP contribution in [0.15, 0.2) is 0 Å². The number of hydroxylamine groups is 3. The Balaban J connectivity index is 0.000000300. The lowest BCUT2D eigenvalue weighted by molar-refractivity contribution is -0.162. The van der Waals surface area contributed by atoms with E-state index >= 15 is 0 Å². The predicted octanol–water partition coefficient (Wildman–Crippen LogP) is -1.67. The van der Waals surface area contributed by atoms with E-state index in [9.17, 15) is 34.0 Å². The molecule has 2 aliphatic rings. The van der Waals surface area contributed by atoms with Gasteiger partial charge in [0.05, 0.1) is 0 Å². The van der Waals surface area contributed by atoms with Crippen LogP contribution < -0.4 is 10.8 Å². The Morgan fingerprint density at radius 3 is 1.57 bits per heavy atom. The maximum absolute atomic E-state index is 11.7. The molecule has 2 fully saturated rings. The Morgan fingerprint density at radius 1 is 0.867 bits per heavy atom. The van der Waals surface area contributed by atoms with Gasteiger partial charge in [0.1, 0.15) is 0 Å². The molecule has 0 aromatic carbocycles. The van der Waals surface area contributed by atoms with E-state index in [1.807, 2.05) is 0 Å². The van der Waals surface area contributed by atoms with Gasteiger partial charge in [-0.15, -0.1) is 0 Å². The Hall–Kier alpha value is -3.10. The molecule has 1 unspecified atom stereocenters. The number of carbonyl (C=O) groups is 6. The average Bonchev–Trinajstić information content (AvgIpc) is 2.92. The van der Waals surface area contributed by atoms with E-state index in [0.717, 1.165) is 14.7 Å². The smallest absolute Gasteiger partial charge is 0.351 e. The molecule has 1 atom stereocenters. The van der Waals surface area contributed by atoms with E-state index in [2.05, 4.69) is 5.32 Å². The Morgan fingerprint density at radius 2 is 1.30 bits per heavy atom. The minimum Gasteiger partial charge on any atom is -0.357 e. The fraction of sp³-hybridized carbons (Fsp3) is 0.625. The van der Waals surface area contributed by atoms with Gasteiger partial charge in [-0.25, -0.2) is 9.59 Å². The van der Waals surface area contributed by atoms with Crippen LogP contribution in [0.4, 0.5) is 9.59 Å². The number of barbiturate groups is 1. The number of hydrogen-bond acceptors (Lipinski definition) is 9. The summed E-state index contributed by atoms with van der Waals surface area (Å²) in [5.74, 6) is -2.92. The van der Waals surface area contributed by atoms with Crippen LogP contribution in [-0.2, 0) is 19.2 Å². The van der Waals surface area contributed by atoms with Crippen molar-refractivity contribution in [2.75, 3.05) is 28.2 Å². The van der Waals surface area contributed by atoms with Crippen molar-refractivity contribution in [3.8, 4) is 0 Å². The quantitative estimate of drug-likeness (QED) is 0.175. The van der Waals surface area contributed by atoms with E-state index in [1.54, 1.807) is 19.3 Å². The molecule has 2 aliphatic heterocycles. The van der Waals surface area contributed by atoms with E-state index in [1.165, 1.54) is 28.2 Å². The first-order valence-corrected chi connectivity index (χ1v) is 8.90. The lowest BCUT2D eigenvalue weighted by Gasteiger charge is -2.39.